The van der Waals surface area contributed by atoms with Gasteiger partial charge in [-0.15, -0.1) is 0 Å². The Bertz CT molecular complexity index is 689. The largest absolute Gasteiger partial charge is 0.484 e. The Labute approximate surface area is 139 Å². The predicted molar refractivity (Wildman–Crippen MR) is 82.9 cm³/mol. The SMILES string of the molecule is O=C(COc1cccc(Br)c1)NCc1cccc(C(F)(F)F)c1. The third kappa shape index (κ3) is 5.59. The molecule has 0 heterocycles. The van der Waals surface area contributed by atoms with E-state index in [0.717, 1.165) is 16.6 Å². The first kappa shape index (κ1) is 17.3. The maximum absolute atomic E-state index is 12.6. The summed E-state index contributed by atoms with van der Waals surface area (Å²) in [6.45, 7) is -0.208. The number of amides is 1. The second kappa shape index (κ2) is 7.50. The van der Waals surface area contributed by atoms with Crippen LogP contribution in [0.3, 0.4) is 0 Å². The van der Waals surface area contributed by atoms with E-state index in [0.29, 0.717) is 11.3 Å². The summed E-state index contributed by atoms with van der Waals surface area (Å²) in [5.41, 5.74) is -0.370. The van der Waals surface area contributed by atoms with E-state index in [4.69, 9.17) is 4.74 Å². The number of ether oxygens (including phenoxy) is 1. The molecule has 0 radical (unpaired) electrons. The normalized spacial score (nSPS) is 11.1. The van der Waals surface area contributed by atoms with Gasteiger partial charge in [-0.2, -0.15) is 13.2 Å². The highest BCUT2D eigenvalue weighted by Gasteiger charge is 2.30. The van der Waals surface area contributed by atoms with Crippen LogP contribution in [0.1, 0.15) is 11.1 Å². The second-order valence-electron chi connectivity index (χ2n) is 4.72. The van der Waals surface area contributed by atoms with E-state index in [1.807, 2.05) is 6.07 Å². The van der Waals surface area contributed by atoms with E-state index < -0.39 is 17.6 Å². The third-order valence-corrected chi connectivity index (χ3v) is 3.40. The van der Waals surface area contributed by atoms with Gasteiger partial charge in [-0.3, -0.25) is 4.79 Å². The average molecular weight is 388 g/mol. The molecule has 0 aromatic heterocycles. The monoisotopic (exact) mass is 387 g/mol. The number of benzene rings is 2. The summed E-state index contributed by atoms with van der Waals surface area (Å²) in [7, 11) is 0. The van der Waals surface area contributed by atoms with E-state index in [1.165, 1.54) is 12.1 Å². The van der Waals surface area contributed by atoms with E-state index in [9.17, 15) is 18.0 Å². The lowest BCUT2D eigenvalue weighted by Gasteiger charge is -2.10. The molecule has 0 fully saturated rings. The summed E-state index contributed by atoms with van der Waals surface area (Å²) in [6, 6.07) is 11.8. The molecule has 0 saturated heterocycles. The van der Waals surface area contributed by atoms with Crippen LogP contribution in [0.25, 0.3) is 0 Å². The van der Waals surface area contributed by atoms with Crippen LogP contribution in [0.4, 0.5) is 13.2 Å². The van der Waals surface area contributed by atoms with Crippen molar-refractivity contribution < 1.29 is 22.7 Å². The maximum atomic E-state index is 12.6. The van der Waals surface area contributed by atoms with Gasteiger partial charge in [0.25, 0.3) is 5.91 Å². The van der Waals surface area contributed by atoms with E-state index >= 15 is 0 Å². The number of carbonyl (C=O) groups excluding carboxylic acids is 1. The molecule has 2 aromatic rings. The van der Waals surface area contributed by atoms with Crippen molar-refractivity contribution in [3.8, 4) is 5.75 Å². The Balaban J connectivity index is 1.85. The van der Waals surface area contributed by atoms with Crippen molar-refractivity contribution in [3.05, 3.63) is 64.1 Å². The average Bonchev–Trinajstić information content (AvgIpc) is 2.50. The van der Waals surface area contributed by atoms with Crippen LogP contribution in [-0.4, -0.2) is 12.5 Å². The van der Waals surface area contributed by atoms with Crippen LogP contribution in [0.5, 0.6) is 5.75 Å². The lowest BCUT2D eigenvalue weighted by molar-refractivity contribution is -0.137. The summed E-state index contributed by atoms with van der Waals surface area (Å²) in [6.07, 6.45) is -4.40. The molecule has 1 amide bonds. The molecular weight excluding hydrogens is 375 g/mol. The van der Waals surface area contributed by atoms with Crippen molar-refractivity contribution in [1.82, 2.24) is 5.32 Å². The third-order valence-electron chi connectivity index (χ3n) is 2.91. The van der Waals surface area contributed by atoms with Crippen molar-refractivity contribution >= 4 is 21.8 Å². The van der Waals surface area contributed by atoms with Gasteiger partial charge in [-0.25, -0.2) is 0 Å². The molecule has 0 unspecified atom stereocenters. The van der Waals surface area contributed by atoms with E-state index in [2.05, 4.69) is 21.2 Å². The summed E-state index contributed by atoms with van der Waals surface area (Å²) < 4.78 is 43.9. The fraction of sp³-hybridized carbons (Fsp3) is 0.188. The van der Waals surface area contributed by atoms with Crippen LogP contribution >= 0.6 is 15.9 Å². The molecule has 2 aromatic carbocycles. The van der Waals surface area contributed by atoms with Crippen LogP contribution < -0.4 is 10.1 Å². The molecule has 0 aliphatic heterocycles. The molecule has 0 spiro atoms. The first-order valence-electron chi connectivity index (χ1n) is 6.66. The number of hydrogen-bond acceptors (Lipinski definition) is 2. The molecule has 0 bridgehead atoms. The van der Waals surface area contributed by atoms with Gasteiger partial charge in [0.05, 0.1) is 5.56 Å². The summed E-state index contributed by atoms with van der Waals surface area (Å²) in [5, 5.41) is 2.52. The van der Waals surface area contributed by atoms with Crippen LogP contribution in [0.2, 0.25) is 0 Å². The molecule has 0 atom stereocenters. The fourth-order valence-corrected chi connectivity index (χ4v) is 2.19. The summed E-state index contributed by atoms with van der Waals surface area (Å²) >= 11 is 3.28. The quantitative estimate of drug-likeness (QED) is 0.836. The topological polar surface area (TPSA) is 38.3 Å². The molecule has 3 nitrogen and oxygen atoms in total. The Morgan fingerprint density at radius 2 is 1.87 bits per heavy atom. The van der Waals surface area contributed by atoms with Crippen LogP contribution in [-0.2, 0) is 17.5 Å². The first-order valence-corrected chi connectivity index (χ1v) is 7.45. The zero-order valence-corrected chi connectivity index (χ0v) is 13.4. The van der Waals surface area contributed by atoms with Crippen molar-refractivity contribution in [3.63, 3.8) is 0 Å². The molecule has 7 heteroatoms. The molecule has 122 valence electrons. The van der Waals surface area contributed by atoms with Crippen LogP contribution in [0.15, 0.2) is 53.0 Å². The van der Waals surface area contributed by atoms with Gasteiger partial charge in [0, 0.05) is 11.0 Å². The van der Waals surface area contributed by atoms with E-state index in [-0.39, 0.29) is 13.2 Å². The Morgan fingerprint density at radius 1 is 1.13 bits per heavy atom. The molecule has 0 aliphatic carbocycles. The van der Waals surface area contributed by atoms with Crippen molar-refractivity contribution in [2.75, 3.05) is 6.61 Å². The molecule has 0 saturated carbocycles. The molecule has 0 aliphatic rings. The lowest BCUT2D eigenvalue weighted by Crippen LogP contribution is -2.28. The molecule has 1 N–H and O–H groups in total. The highest BCUT2D eigenvalue weighted by atomic mass is 79.9. The van der Waals surface area contributed by atoms with Gasteiger partial charge >= 0.3 is 6.18 Å². The molecular formula is C16H13BrF3NO2. The second-order valence-corrected chi connectivity index (χ2v) is 5.64. The van der Waals surface area contributed by atoms with Crippen molar-refractivity contribution in [1.29, 1.82) is 0 Å². The van der Waals surface area contributed by atoms with Crippen molar-refractivity contribution in [2.45, 2.75) is 12.7 Å². The highest BCUT2D eigenvalue weighted by molar-refractivity contribution is 9.10. The molecule has 2 rings (SSSR count). The van der Waals surface area contributed by atoms with Gasteiger partial charge in [-0.1, -0.05) is 34.1 Å². The number of hydrogen-bond donors (Lipinski definition) is 1. The highest BCUT2D eigenvalue weighted by Crippen LogP contribution is 2.29. The standard InChI is InChI=1S/C16H13BrF3NO2/c17-13-5-2-6-14(8-13)23-10-15(22)21-9-11-3-1-4-12(7-11)16(18,19)20/h1-8H,9-10H2,(H,21,22). The minimum Gasteiger partial charge on any atom is -0.484 e. The molecule has 23 heavy (non-hydrogen) atoms. The Kier molecular flexibility index (Phi) is 5.65. The minimum absolute atomic E-state index is 0.00456. The number of nitrogens with one attached hydrogen (secondary N) is 1. The number of halogens is 4. The lowest BCUT2D eigenvalue weighted by atomic mass is 10.1. The van der Waals surface area contributed by atoms with Crippen molar-refractivity contribution in [2.24, 2.45) is 0 Å². The smallest absolute Gasteiger partial charge is 0.416 e. The predicted octanol–water partition coefficient (Wildman–Crippen LogP) is 4.16. The van der Waals surface area contributed by atoms with Gasteiger partial charge in [0.1, 0.15) is 5.75 Å². The van der Waals surface area contributed by atoms with Crippen LogP contribution in [0, 0.1) is 0 Å². The van der Waals surface area contributed by atoms with Gasteiger partial charge in [0.15, 0.2) is 6.61 Å². The number of alkyl halides is 3. The van der Waals surface area contributed by atoms with Gasteiger partial charge < -0.3 is 10.1 Å². The number of rotatable bonds is 5. The summed E-state index contributed by atoms with van der Waals surface area (Å²) in [4.78, 5) is 11.7. The first-order chi connectivity index (χ1) is 10.8. The van der Waals surface area contributed by atoms with E-state index in [1.54, 1.807) is 18.2 Å². The number of carbonyl (C=O) groups is 1. The zero-order chi connectivity index (χ0) is 16.9. The van der Waals surface area contributed by atoms with Gasteiger partial charge in [-0.05, 0) is 35.9 Å². The summed E-state index contributed by atoms with van der Waals surface area (Å²) in [5.74, 6) is 0.107. The minimum atomic E-state index is -4.40. The Hall–Kier alpha value is -2.02. The van der Waals surface area contributed by atoms with Gasteiger partial charge in [0.2, 0.25) is 0 Å². The Morgan fingerprint density at radius 3 is 2.57 bits per heavy atom. The fourth-order valence-electron chi connectivity index (χ4n) is 1.81. The zero-order valence-electron chi connectivity index (χ0n) is 11.9. The maximum Gasteiger partial charge on any atom is 0.416 e.